The lowest BCUT2D eigenvalue weighted by atomic mass is 9.71. The van der Waals surface area contributed by atoms with Gasteiger partial charge in [-0.1, -0.05) is 20.8 Å². The standard InChI is InChI=1S/C10H18F2O/c1-7(2)9(13)4-5-10(11,12)8(3)6-9/h7-8,13H,4-6H2,1-3H3. The second-order valence-electron chi connectivity index (χ2n) is 4.62. The summed E-state index contributed by atoms with van der Waals surface area (Å²) in [7, 11) is 0. The van der Waals surface area contributed by atoms with Crippen LogP contribution in [0.4, 0.5) is 8.78 Å². The van der Waals surface area contributed by atoms with Crippen molar-refractivity contribution in [1.29, 1.82) is 0 Å². The van der Waals surface area contributed by atoms with Gasteiger partial charge in [0, 0.05) is 12.3 Å². The maximum absolute atomic E-state index is 13.1. The first-order valence-electron chi connectivity index (χ1n) is 4.88. The summed E-state index contributed by atoms with van der Waals surface area (Å²) >= 11 is 0. The summed E-state index contributed by atoms with van der Waals surface area (Å²) in [5.41, 5.74) is -0.874. The van der Waals surface area contributed by atoms with Gasteiger partial charge in [0.2, 0.25) is 0 Å². The predicted octanol–water partition coefficient (Wildman–Crippen LogP) is 2.83. The molecule has 1 rings (SSSR count). The molecule has 3 heteroatoms. The van der Waals surface area contributed by atoms with Crippen LogP contribution in [-0.4, -0.2) is 16.6 Å². The van der Waals surface area contributed by atoms with Crippen LogP contribution in [-0.2, 0) is 0 Å². The molecule has 0 aromatic rings. The molecular weight excluding hydrogens is 174 g/mol. The Balaban J connectivity index is 2.70. The van der Waals surface area contributed by atoms with E-state index in [1.165, 1.54) is 6.92 Å². The molecule has 0 spiro atoms. The molecule has 1 aliphatic carbocycles. The van der Waals surface area contributed by atoms with Crippen LogP contribution in [0.3, 0.4) is 0 Å². The molecular formula is C10H18F2O. The lowest BCUT2D eigenvalue weighted by molar-refractivity contribution is -0.154. The molecule has 0 aliphatic heterocycles. The fourth-order valence-corrected chi connectivity index (χ4v) is 1.94. The Morgan fingerprint density at radius 2 is 1.85 bits per heavy atom. The largest absolute Gasteiger partial charge is 0.390 e. The molecule has 1 saturated carbocycles. The van der Waals surface area contributed by atoms with Crippen molar-refractivity contribution in [3.63, 3.8) is 0 Å². The SMILES string of the molecule is CC1CC(O)(C(C)C)CCC1(F)F. The van der Waals surface area contributed by atoms with Crippen molar-refractivity contribution < 1.29 is 13.9 Å². The molecule has 1 N–H and O–H groups in total. The average molecular weight is 192 g/mol. The lowest BCUT2D eigenvalue weighted by Crippen LogP contribution is -2.47. The lowest BCUT2D eigenvalue weighted by Gasteiger charge is -2.42. The van der Waals surface area contributed by atoms with Crippen LogP contribution in [0, 0.1) is 11.8 Å². The normalized spacial score (nSPS) is 39.5. The minimum atomic E-state index is -2.58. The molecule has 0 heterocycles. The summed E-state index contributed by atoms with van der Waals surface area (Å²) in [5.74, 6) is -3.22. The Kier molecular flexibility index (Phi) is 2.68. The number of rotatable bonds is 1. The third kappa shape index (κ3) is 2.01. The molecule has 0 aromatic heterocycles. The number of alkyl halides is 2. The molecule has 1 aliphatic rings. The Hall–Kier alpha value is -0.180. The molecule has 0 amide bonds. The second kappa shape index (κ2) is 3.19. The van der Waals surface area contributed by atoms with Crippen molar-refractivity contribution in [2.24, 2.45) is 11.8 Å². The maximum Gasteiger partial charge on any atom is 0.250 e. The Bertz CT molecular complexity index is 191. The molecule has 1 nitrogen and oxygen atoms in total. The van der Waals surface area contributed by atoms with E-state index in [-0.39, 0.29) is 25.2 Å². The first-order chi connectivity index (χ1) is 5.78. The van der Waals surface area contributed by atoms with Crippen LogP contribution in [0.5, 0.6) is 0 Å². The van der Waals surface area contributed by atoms with Crippen molar-refractivity contribution in [3.05, 3.63) is 0 Å². The zero-order valence-electron chi connectivity index (χ0n) is 8.48. The highest BCUT2D eigenvalue weighted by Gasteiger charge is 2.48. The number of aliphatic hydroxyl groups is 1. The van der Waals surface area contributed by atoms with Gasteiger partial charge in [0.05, 0.1) is 5.60 Å². The summed E-state index contributed by atoms with van der Waals surface area (Å²) < 4.78 is 26.2. The fourth-order valence-electron chi connectivity index (χ4n) is 1.94. The first kappa shape index (κ1) is 10.9. The summed E-state index contributed by atoms with van der Waals surface area (Å²) in [4.78, 5) is 0. The Morgan fingerprint density at radius 3 is 2.23 bits per heavy atom. The summed E-state index contributed by atoms with van der Waals surface area (Å²) in [5, 5.41) is 10.0. The van der Waals surface area contributed by atoms with Gasteiger partial charge in [-0.3, -0.25) is 0 Å². The van der Waals surface area contributed by atoms with Crippen LogP contribution in [0.15, 0.2) is 0 Å². The van der Waals surface area contributed by atoms with Crippen molar-refractivity contribution in [2.45, 2.75) is 51.6 Å². The Morgan fingerprint density at radius 1 is 1.31 bits per heavy atom. The molecule has 13 heavy (non-hydrogen) atoms. The maximum atomic E-state index is 13.1. The molecule has 2 atom stereocenters. The van der Waals surface area contributed by atoms with Crippen LogP contribution < -0.4 is 0 Å². The van der Waals surface area contributed by atoms with E-state index in [1.807, 2.05) is 13.8 Å². The predicted molar refractivity (Wildman–Crippen MR) is 47.7 cm³/mol. The number of hydrogen-bond donors (Lipinski definition) is 1. The first-order valence-corrected chi connectivity index (χ1v) is 4.88. The van der Waals surface area contributed by atoms with E-state index in [4.69, 9.17) is 0 Å². The minimum absolute atomic E-state index is 0.0612. The second-order valence-corrected chi connectivity index (χ2v) is 4.62. The summed E-state index contributed by atoms with van der Waals surface area (Å²) in [6.45, 7) is 5.29. The van der Waals surface area contributed by atoms with Crippen molar-refractivity contribution in [3.8, 4) is 0 Å². The zero-order chi connectivity index (χ0) is 10.3. The number of halogens is 2. The third-order valence-corrected chi connectivity index (χ3v) is 3.35. The van der Waals surface area contributed by atoms with Gasteiger partial charge in [-0.2, -0.15) is 0 Å². The van der Waals surface area contributed by atoms with Gasteiger partial charge in [0.15, 0.2) is 0 Å². The molecule has 0 saturated heterocycles. The average Bonchev–Trinajstić information content (AvgIpc) is 1.98. The van der Waals surface area contributed by atoms with Gasteiger partial charge in [-0.25, -0.2) is 8.78 Å². The highest BCUT2D eigenvalue weighted by molar-refractivity contribution is 4.94. The van der Waals surface area contributed by atoms with Crippen LogP contribution in [0.1, 0.15) is 40.0 Å². The van der Waals surface area contributed by atoms with Gasteiger partial charge in [-0.05, 0) is 18.8 Å². The van der Waals surface area contributed by atoms with E-state index < -0.39 is 17.4 Å². The summed E-state index contributed by atoms with van der Waals surface area (Å²) in [6, 6.07) is 0. The van der Waals surface area contributed by atoms with E-state index in [9.17, 15) is 13.9 Å². The highest BCUT2D eigenvalue weighted by Crippen LogP contribution is 2.45. The molecule has 0 aromatic carbocycles. The molecule has 0 bridgehead atoms. The van der Waals surface area contributed by atoms with Crippen molar-refractivity contribution >= 4 is 0 Å². The summed E-state index contributed by atoms with van der Waals surface area (Å²) in [6.07, 6.45) is 0.266. The van der Waals surface area contributed by atoms with Gasteiger partial charge in [0.1, 0.15) is 0 Å². The quantitative estimate of drug-likeness (QED) is 0.677. The monoisotopic (exact) mass is 192 g/mol. The van der Waals surface area contributed by atoms with E-state index in [0.717, 1.165) is 0 Å². The van der Waals surface area contributed by atoms with E-state index in [2.05, 4.69) is 0 Å². The van der Waals surface area contributed by atoms with Crippen molar-refractivity contribution in [1.82, 2.24) is 0 Å². The van der Waals surface area contributed by atoms with Crippen molar-refractivity contribution in [2.75, 3.05) is 0 Å². The van der Waals surface area contributed by atoms with Gasteiger partial charge >= 0.3 is 0 Å². The minimum Gasteiger partial charge on any atom is -0.390 e. The molecule has 1 fully saturated rings. The van der Waals surface area contributed by atoms with Gasteiger partial charge in [-0.15, -0.1) is 0 Å². The molecule has 78 valence electrons. The van der Waals surface area contributed by atoms with E-state index in [0.29, 0.717) is 0 Å². The highest BCUT2D eigenvalue weighted by atomic mass is 19.3. The Labute approximate surface area is 78.1 Å². The smallest absolute Gasteiger partial charge is 0.250 e. The van der Waals surface area contributed by atoms with Crippen LogP contribution >= 0.6 is 0 Å². The van der Waals surface area contributed by atoms with Crippen LogP contribution in [0.2, 0.25) is 0 Å². The fraction of sp³-hybridized carbons (Fsp3) is 1.00. The van der Waals surface area contributed by atoms with Gasteiger partial charge in [0.25, 0.3) is 5.92 Å². The topological polar surface area (TPSA) is 20.2 Å². The molecule has 2 unspecified atom stereocenters. The van der Waals surface area contributed by atoms with E-state index >= 15 is 0 Å². The van der Waals surface area contributed by atoms with Gasteiger partial charge < -0.3 is 5.11 Å². The third-order valence-electron chi connectivity index (χ3n) is 3.35. The zero-order valence-corrected chi connectivity index (χ0v) is 8.48. The number of hydrogen-bond acceptors (Lipinski definition) is 1. The van der Waals surface area contributed by atoms with E-state index in [1.54, 1.807) is 0 Å². The van der Waals surface area contributed by atoms with Crippen LogP contribution in [0.25, 0.3) is 0 Å². The molecule has 0 radical (unpaired) electrons.